The standard InChI is InChI=1S/C22H22ClF3N2O2S/c1-13(28-21(30)22(24,25)26)14-4-6-15(7-5-14)19(29)18-3-2-12-27-20(18)31-17-10-8-16(23)9-11-17/h2-7,12-13,16-17H,8-11H2,1H3,(H,28,30)/t13-,16?,17?/m0/s1. The molecule has 0 saturated heterocycles. The summed E-state index contributed by atoms with van der Waals surface area (Å²) in [5.41, 5.74) is 1.36. The van der Waals surface area contributed by atoms with Crippen molar-refractivity contribution in [2.45, 2.75) is 60.5 Å². The number of pyridine rings is 1. The van der Waals surface area contributed by atoms with Crippen molar-refractivity contribution in [3.8, 4) is 0 Å². The number of benzene rings is 1. The highest BCUT2D eigenvalue weighted by Gasteiger charge is 2.39. The van der Waals surface area contributed by atoms with E-state index in [0.717, 1.165) is 25.7 Å². The summed E-state index contributed by atoms with van der Waals surface area (Å²) in [7, 11) is 0. The lowest BCUT2D eigenvalue weighted by Gasteiger charge is -2.24. The van der Waals surface area contributed by atoms with Crippen LogP contribution in [0.3, 0.4) is 0 Å². The van der Waals surface area contributed by atoms with Gasteiger partial charge in [-0.25, -0.2) is 4.98 Å². The lowest BCUT2D eigenvalue weighted by Crippen LogP contribution is -2.38. The van der Waals surface area contributed by atoms with Gasteiger partial charge in [0.1, 0.15) is 5.03 Å². The monoisotopic (exact) mass is 470 g/mol. The Morgan fingerprint density at radius 3 is 2.39 bits per heavy atom. The average Bonchev–Trinajstić information content (AvgIpc) is 2.74. The van der Waals surface area contributed by atoms with Crippen molar-refractivity contribution in [1.29, 1.82) is 0 Å². The van der Waals surface area contributed by atoms with Gasteiger partial charge in [0.05, 0.1) is 11.6 Å². The van der Waals surface area contributed by atoms with Crippen LogP contribution in [0.5, 0.6) is 0 Å². The largest absolute Gasteiger partial charge is 0.471 e. The molecule has 1 heterocycles. The molecule has 1 aromatic heterocycles. The Bertz CT molecular complexity index is 929. The Morgan fingerprint density at radius 1 is 1.13 bits per heavy atom. The van der Waals surface area contributed by atoms with E-state index in [2.05, 4.69) is 4.98 Å². The van der Waals surface area contributed by atoms with Gasteiger partial charge in [-0.05, 0) is 50.3 Å². The first kappa shape index (κ1) is 23.6. The molecule has 0 unspecified atom stereocenters. The molecule has 1 aliphatic rings. The predicted octanol–water partition coefficient (Wildman–Crippen LogP) is 5.69. The number of hydrogen-bond donors (Lipinski definition) is 1. The second kappa shape index (κ2) is 10.0. The summed E-state index contributed by atoms with van der Waals surface area (Å²) in [5, 5.41) is 3.14. The van der Waals surface area contributed by atoms with Crippen LogP contribution < -0.4 is 5.32 Å². The third-order valence-electron chi connectivity index (χ3n) is 5.18. The molecule has 1 aromatic carbocycles. The quantitative estimate of drug-likeness (QED) is 0.435. The number of amides is 1. The molecule has 1 N–H and O–H groups in total. The fourth-order valence-corrected chi connectivity index (χ4v) is 4.88. The van der Waals surface area contributed by atoms with Gasteiger partial charge in [-0.1, -0.05) is 24.3 Å². The number of halogens is 4. The zero-order valence-corrected chi connectivity index (χ0v) is 18.4. The van der Waals surface area contributed by atoms with Crippen molar-refractivity contribution < 1.29 is 22.8 Å². The number of carbonyl (C=O) groups is 2. The summed E-state index contributed by atoms with van der Waals surface area (Å²) in [6.45, 7) is 1.45. The first-order valence-electron chi connectivity index (χ1n) is 9.93. The minimum Gasteiger partial charge on any atom is -0.342 e. The number of aromatic nitrogens is 1. The number of rotatable bonds is 6. The van der Waals surface area contributed by atoms with Crippen molar-refractivity contribution in [1.82, 2.24) is 10.3 Å². The van der Waals surface area contributed by atoms with Gasteiger partial charge in [0, 0.05) is 22.4 Å². The van der Waals surface area contributed by atoms with Crippen LogP contribution in [-0.4, -0.2) is 33.5 Å². The molecule has 166 valence electrons. The fraction of sp³-hybridized carbons (Fsp3) is 0.409. The van der Waals surface area contributed by atoms with E-state index in [-0.39, 0.29) is 11.2 Å². The smallest absolute Gasteiger partial charge is 0.342 e. The van der Waals surface area contributed by atoms with Gasteiger partial charge < -0.3 is 5.32 Å². The average molecular weight is 471 g/mol. The normalized spacial score (nSPS) is 20.2. The van der Waals surface area contributed by atoms with E-state index in [0.29, 0.717) is 27.0 Å². The molecule has 2 aromatic rings. The highest BCUT2D eigenvalue weighted by atomic mass is 35.5. The van der Waals surface area contributed by atoms with Crippen LogP contribution >= 0.6 is 23.4 Å². The zero-order valence-electron chi connectivity index (χ0n) is 16.8. The van der Waals surface area contributed by atoms with E-state index in [1.165, 1.54) is 6.92 Å². The van der Waals surface area contributed by atoms with E-state index >= 15 is 0 Å². The van der Waals surface area contributed by atoms with Gasteiger partial charge in [0.15, 0.2) is 5.78 Å². The molecule has 0 spiro atoms. The Labute approximate surface area is 188 Å². The summed E-state index contributed by atoms with van der Waals surface area (Å²) < 4.78 is 37.3. The number of nitrogens with zero attached hydrogens (tertiary/aromatic N) is 1. The molecule has 1 atom stereocenters. The predicted molar refractivity (Wildman–Crippen MR) is 114 cm³/mol. The Hall–Kier alpha value is -2.06. The number of ketones is 1. The molecule has 4 nitrogen and oxygen atoms in total. The van der Waals surface area contributed by atoms with E-state index < -0.39 is 18.1 Å². The minimum atomic E-state index is -4.94. The second-order valence-electron chi connectivity index (χ2n) is 7.49. The number of nitrogens with one attached hydrogen (secondary N) is 1. The van der Waals surface area contributed by atoms with Crippen LogP contribution in [0, 0.1) is 0 Å². The molecule has 3 rings (SSSR count). The van der Waals surface area contributed by atoms with Crippen molar-refractivity contribution in [2.24, 2.45) is 0 Å². The maximum Gasteiger partial charge on any atom is 0.471 e. The number of alkyl halides is 4. The number of thioether (sulfide) groups is 1. The summed E-state index contributed by atoms with van der Waals surface area (Å²) in [4.78, 5) is 28.6. The number of hydrogen-bond acceptors (Lipinski definition) is 4. The third-order valence-corrected chi connectivity index (χ3v) is 6.97. The summed E-state index contributed by atoms with van der Waals surface area (Å²) in [5.74, 6) is -2.21. The van der Waals surface area contributed by atoms with Crippen LogP contribution in [0.15, 0.2) is 47.6 Å². The molecule has 9 heteroatoms. The minimum absolute atomic E-state index is 0.208. The summed E-state index contributed by atoms with van der Waals surface area (Å²) in [6.07, 6.45) is 0.542. The van der Waals surface area contributed by atoms with Gasteiger partial charge in [0.2, 0.25) is 0 Å². The first-order valence-corrected chi connectivity index (χ1v) is 11.2. The topological polar surface area (TPSA) is 59.1 Å². The second-order valence-corrected chi connectivity index (χ2v) is 9.40. The van der Waals surface area contributed by atoms with Crippen molar-refractivity contribution >= 4 is 35.1 Å². The molecule has 31 heavy (non-hydrogen) atoms. The maximum atomic E-state index is 13.1. The van der Waals surface area contributed by atoms with E-state index in [1.807, 2.05) is 5.32 Å². The SMILES string of the molecule is C[C@H](NC(=O)C(F)(F)F)c1ccc(C(=O)c2cccnc2SC2CCC(Cl)CC2)cc1. The van der Waals surface area contributed by atoms with E-state index in [9.17, 15) is 22.8 Å². The van der Waals surface area contributed by atoms with Gasteiger partial charge in [-0.3, -0.25) is 9.59 Å². The summed E-state index contributed by atoms with van der Waals surface area (Å²) in [6, 6.07) is 8.77. The zero-order chi connectivity index (χ0) is 22.6. The molecule has 1 saturated carbocycles. The lowest BCUT2D eigenvalue weighted by atomic mass is 10.00. The molecule has 0 bridgehead atoms. The maximum absolute atomic E-state index is 13.1. The molecule has 1 fully saturated rings. The number of carbonyl (C=O) groups excluding carboxylic acids is 2. The lowest BCUT2D eigenvalue weighted by molar-refractivity contribution is -0.174. The summed E-state index contributed by atoms with van der Waals surface area (Å²) >= 11 is 7.76. The molecule has 1 aliphatic carbocycles. The molecular weight excluding hydrogens is 449 g/mol. The van der Waals surface area contributed by atoms with E-state index in [4.69, 9.17) is 11.6 Å². The van der Waals surface area contributed by atoms with Gasteiger partial charge in [-0.15, -0.1) is 23.4 Å². The Kier molecular flexibility index (Phi) is 7.64. The fourth-order valence-electron chi connectivity index (χ4n) is 3.40. The van der Waals surface area contributed by atoms with Crippen LogP contribution in [0.25, 0.3) is 0 Å². The first-order chi connectivity index (χ1) is 14.6. The van der Waals surface area contributed by atoms with Crippen molar-refractivity contribution in [3.63, 3.8) is 0 Å². The van der Waals surface area contributed by atoms with Crippen molar-refractivity contribution in [2.75, 3.05) is 0 Å². The van der Waals surface area contributed by atoms with Gasteiger partial charge in [0.25, 0.3) is 0 Å². The van der Waals surface area contributed by atoms with Gasteiger partial charge in [-0.2, -0.15) is 13.2 Å². The van der Waals surface area contributed by atoms with Crippen LogP contribution in [0.4, 0.5) is 13.2 Å². The Balaban J connectivity index is 1.71. The Morgan fingerprint density at radius 2 is 1.77 bits per heavy atom. The van der Waals surface area contributed by atoms with Crippen LogP contribution in [-0.2, 0) is 4.79 Å². The third kappa shape index (κ3) is 6.23. The highest BCUT2D eigenvalue weighted by molar-refractivity contribution is 7.99. The molecule has 0 aliphatic heterocycles. The van der Waals surface area contributed by atoms with Gasteiger partial charge >= 0.3 is 12.1 Å². The van der Waals surface area contributed by atoms with Crippen LogP contribution in [0.1, 0.15) is 60.1 Å². The highest BCUT2D eigenvalue weighted by Crippen LogP contribution is 2.36. The molecular formula is C22H22ClF3N2O2S. The molecule has 0 radical (unpaired) electrons. The van der Waals surface area contributed by atoms with Crippen LogP contribution in [0.2, 0.25) is 0 Å². The van der Waals surface area contributed by atoms with E-state index in [1.54, 1.807) is 54.4 Å². The van der Waals surface area contributed by atoms with Crippen molar-refractivity contribution in [3.05, 3.63) is 59.3 Å². The molecule has 1 amide bonds.